The summed E-state index contributed by atoms with van der Waals surface area (Å²) in [5.74, 6) is 0. The molecule has 0 aliphatic carbocycles. The van der Waals surface area contributed by atoms with E-state index in [1.54, 1.807) is 0 Å². The molecule has 0 aliphatic rings. The highest BCUT2D eigenvalue weighted by molar-refractivity contribution is 5.64. The van der Waals surface area contributed by atoms with Crippen LogP contribution in [0.25, 0.3) is 0 Å². The van der Waals surface area contributed by atoms with Gasteiger partial charge < -0.3 is 0 Å². The Labute approximate surface area is 98.9 Å². The zero-order chi connectivity index (χ0) is 11.9. The fourth-order valence-corrected chi connectivity index (χ4v) is 1.57. The number of hydrogen-bond acceptors (Lipinski definition) is 1. The molecular formula is C15H21N. The zero-order valence-corrected chi connectivity index (χ0v) is 10.3. The predicted molar refractivity (Wildman–Crippen MR) is 72.1 cm³/mol. The third-order valence-electron chi connectivity index (χ3n) is 2.48. The first-order valence-corrected chi connectivity index (χ1v) is 5.80. The first-order valence-electron chi connectivity index (χ1n) is 5.80. The van der Waals surface area contributed by atoms with E-state index in [0.29, 0.717) is 0 Å². The van der Waals surface area contributed by atoms with E-state index in [2.05, 4.69) is 55.9 Å². The van der Waals surface area contributed by atoms with Crippen LogP contribution < -0.4 is 0 Å². The van der Waals surface area contributed by atoms with E-state index in [1.165, 1.54) is 5.56 Å². The lowest BCUT2D eigenvalue weighted by molar-refractivity contribution is 0.544. The standard InChI is InChI=1S/C15H21N/c1-4-11-15(2,3)13-16-12-10-14-8-6-5-7-9-14/h4-9,13H,1,10-12H2,2-3H3. The highest BCUT2D eigenvalue weighted by Crippen LogP contribution is 2.17. The lowest BCUT2D eigenvalue weighted by Gasteiger charge is -2.15. The van der Waals surface area contributed by atoms with Crippen molar-refractivity contribution in [2.45, 2.75) is 26.7 Å². The van der Waals surface area contributed by atoms with Gasteiger partial charge in [-0.2, -0.15) is 0 Å². The highest BCUT2D eigenvalue weighted by atomic mass is 14.7. The second kappa shape index (κ2) is 6.26. The molecule has 1 nitrogen and oxygen atoms in total. The normalized spacial score (nSPS) is 11.9. The third kappa shape index (κ3) is 4.92. The summed E-state index contributed by atoms with van der Waals surface area (Å²) in [6, 6.07) is 10.5. The number of hydrogen-bond donors (Lipinski definition) is 0. The highest BCUT2D eigenvalue weighted by Gasteiger charge is 2.11. The van der Waals surface area contributed by atoms with Gasteiger partial charge in [0.1, 0.15) is 0 Å². The molecule has 1 rings (SSSR count). The maximum atomic E-state index is 4.48. The van der Waals surface area contributed by atoms with Crippen LogP contribution in [0.1, 0.15) is 25.8 Å². The molecule has 16 heavy (non-hydrogen) atoms. The fourth-order valence-electron chi connectivity index (χ4n) is 1.57. The molecule has 0 fully saturated rings. The van der Waals surface area contributed by atoms with E-state index in [9.17, 15) is 0 Å². The molecule has 0 bridgehead atoms. The number of rotatable bonds is 6. The number of benzene rings is 1. The van der Waals surface area contributed by atoms with Crippen molar-refractivity contribution in [3.8, 4) is 0 Å². The summed E-state index contributed by atoms with van der Waals surface area (Å²) in [5, 5.41) is 0. The number of aliphatic imine (C=N–C) groups is 1. The Kier molecular flexibility index (Phi) is 4.97. The van der Waals surface area contributed by atoms with E-state index in [0.717, 1.165) is 19.4 Å². The Morgan fingerprint density at radius 1 is 1.25 bits per heavy atom. The average molecular weight is 215 g/mol. The Morgan fingerprint density at radius 2 is 1.94 bits per heavy atom. The van der Waals surface area contributed by atoms with Crippen LogP contribution in [0.3, 0.4) is 0 Å². The van der Waals surface area contributed by atoms with E-state index < -0.39 is 0 Å². The Bertz CT molecular complexity index is 336. The van der Waals surface area contributed by atoms with Gasteiger partial charge in [-0.25, -0.2) is 0 Å². The van der Waals surface area contributed by atoms with Gasteiger partial charge in [0.2, 0.25) is 0 Å². The minimum Gasteiger partial charge on any atom is -0.297 e. The van der Waals surface area contributed by atoms with E-state index in [-0.39, 0.29) is 5.41 Å². The van der Waals surface area contributed by atoms with Crippen LogP contribution in [-0.4, -0.2) is 12.8 Å². The topological polar surface area (TPSA) is 12.4 Å². The van der Waals surface area contributed by atoms with Crippen molar-refractivity contribution in [1.29, 1.82) is 0 Å². The molecule has 0 heterocycles. The molecule has 0 spiro atoms. The molecule has 1 heteroatoms. The second-order valence-corrected chi connectivity index (χ2v) is 4.75. The van der Waals surface area contributed by atoms with Crippen LogP contribution >= 0.6 is 0 Å². The van der Waals surface area contributed by atoms with Gasteiger partial charge in [0.15, 0.2) is 0 Å². The molecule has 0 saturated carbocycles. The van der Waals surface area contributed by atoms with E-state index in [4.69, 9.17) is 0 Å². The van der Waals surface area contributed by atoms with Crippen LogP contribution in [0, 0.1) is 5.41 Å². The molecule has 0 amide bonds. The molecule has 0 N–H and O–H groups in total. The molecule has 0 saturated heterocycles. The summed E-state index contributed by atoms with van der Waals surface area (Å²) in [7, 11) is 0. The molecule has 0 aromatic heterocycles. The van der Waals surface area contributed by atoms with Crippen LogP contribution in [0.5, 0.6) is 0 Å². The summed E-state index contributed by atoms with van der Waals surface area (Å²) < 4.78 is 0. The molecule has 1 aromatic carbocycles. The van der Waals surface area contributed by atoms with Crippen molar-refractivity contribution in [2.24, 2.45) is 10.4 Å². The van der Waals surface area contributed by atoms with Gasteiger partial charge in [-0.15, -0.1) is 6.58 Å². The lowest BCUT2D eigenvalue weighted by atomic mass is 9.91. The monoisotopic (exact) mass is 215 g/mol. The van der Waals surface area contributed by atoms with Gasteiger partial charge >= 0.3 is 0 Å². The molecule has 86 valence electrons. The molecular weight excluding hydrogens is 194 g/mol. The minimum absolute atomic E-state index is 0.137. The Morgan fingerprint density at radius 3 is 2.56 bits per heavy atom. The summed E-state index contributed by atoms with van der Waals surface area (Å²) >= 11 is 0. The van der Waals surface area contributed by atoms with Gasteiger partial charge in [0.25, 0.3) is 0 Å². The molecule has 0 radical (unpaired) electrons. The smallest absolute Gasteiger partial charge is 0.0426 e. The van der Waals surface area contributed by atoms with Gasteiger partial charge in [-0.3, -0.25) is 4.99 Å². The molecule has 0 aliphatic heterocycles. The second-order valence-electron chi connectivity index (χ2n) is 4.75. The summed E-state index contributed by atoms with van der Waals surface area (Å²) in [6.45, 7) is 8.99. The Balaban J connectivity index is 2.35. The van der Waals surface area contributed by atoms with Gasteiger partial charge in [-0.1, -0.05) is 50.3 Å². The van der Waals surface area contributed by atoms with Gasteiger partial charge in [0.05, 0.1) is 0 Å². The fraction of sp³-hybridized carbons (Fsp3) is 0.400. The summed E-state index contributed by atoms with van der Waals surface area (Å²) in [5.41, 5.74) is 1.49. The first kappa shape index (κ1) is 12.7. The number of nitrogens with zero attached hydrogens (tertiary/aromatic N) is 1. The van der Waals surface area contributed by atoms with Crippen molar-refractivity contribution in [3.63, 3.8) is 0 Å². The first-order chi connectivity index (χ1) is 7.64. The largest absolute Gasteiger partial charge is 0.297 e. The van der Waals surface area contributed by atoms with Gasteiger partial charge in [0, 0.05) is 18.2 Å². The van der Waals surface area contributed by atoms with Crippen molar-refractivity contribution >= 4 is 6.21 Å². The van der Waals surface area contributed by atoms with Crippen LogP contribution in [-0.2, 0) is 6.42 Å². The van der Waals surface area contributed by atoms with E-state index in [1.807, 2.05) is 12.1 Å². The van der Waals surface area contributed by atoms with Crippen LogP contribution in [0.4, 0.5) is 0 Å². The van der Waals surface area contributed by atoms with Gasteiger partial charge in [-0.05, 0) is 18.4 Å². The van der Waals surface area contributed by atoms with Crippen molar-refractivity contribution < 1.29 is 0 Å². The SMILES string of the molecule is C=CCC(C)(C)C=NCCc1ccccc1. The maximum absolute atomic E-state index is 4.48. The predicted octanol–water partition coefficient (Wildman–Crippen LogP) is 3.90. The average Bonchev–Trinajstić information content (AvgIpc) is 2.26. The van der Waals surface area contributed by atoms with Crippen molar-refractivity contribution in [2.75, 3.05) is 6.54 Å². The quantitative estimate of drug-likeness (QED) is 0.504. The zero-order valence-electron chi connectivity index (χ0n) is 10.3. The molecule has 0 unspecified atom stereocenters. The Hall–Kier alpha value is -1.37. The summed E-state index contributed by atoms with van der Waals surface area (Å²) in [4.78, 5) is 4.48. The summed E-state index contributed by atoms with van der Waals surface area (Å²) in [6.07, 6.45) is 5.99. The van der Waals surface area contributed by atoms with Crippen molar-refractivity contribution in [1.82, 2.24) is 0 Å². The number of allylic oxidation sites excluding steroid dienone is 1. The van der Waals surface area contributed by atoms with Crippen molar-refractivity contribution in [3.05, 3.63) is 48.6 Å². The third-order valence-corrected chi connectivity index (χ3v) is 2.48. The minimum atomic E-state index is 0.137. The van der Waals surface area contributed by atoms with Crippen LogP contribution in [0.2, 0.25) is 0 Å². The van der Waals surface area contributed by atoms with Crippen LogP contribution in [0.15, 0.2) is 48.0 Å². The lowest BCUT2D eigenvalue weighted by Crippen LogP contribution is -2.11. The molecule has 0 atom stereocenters. The van der Waals surface area contributed by atoms with E-state index >= 15 is 0 Å². The molecule has 1 aromatic rings. The maximum Gasteiger partial charge on any atom is 0.0426 e.